The minimum absolute atomic E-state index is 0.0472. The van der Waals surface area contributed by atoms with Crippen LogP contribution in [-0.2, 0) is 5.75 Å². The quantitative estimate of drug-likeness (QED) is 0.488. The van der Waals surface area contributed by atoms with Gasteiger partial charge in [-0.3, -0.25) is 9.79 Å². The number of benzene rings is 2. The zero-order chi connectivity index (χ0) is 20.1. The normalized spacial score (nSPS) is 12.8. The number of aromatic nitrogens is 2. The number of amidine groups is 1. The van der Waals surface area contributed by atoms with Crippen LogP contribution < -0.4 is 20.8 Å². The summed E-state index contributed by atoms with van der Waals surface area (Å²) in [6.07, 6.45) is 0. The maximum Gasteiger partial charge on any atom is 0.258 e. The molecule has 8 heteroatoms. The van der Waals surface area contributed by atoms with E-state index in [0.29, 0.717) is 39.1 Å². The Kier molecular flexibility index (Phi) is 6.20. The highest BCUT2D eigenvalue weighted by Gasteiger charge is 2.12. The van der Waals surface area contributed by atoms with Gasteiger partial charge in [0, 0.05) is 6.07 Å². The predicted molar refractivity (Wildman–Crippen MR) is 113 cm³/mol. The number of ether oxygens (including phenoxy) is 2. The van der Waals surface area contributed by atoms with Crippen LogP contribution in [0.3, 0.4) is 0 Å². The molecule has 1 atom stereocenters. The van der Waals surface area contributed by atoms with Crippen molar-refractivity contribution in [2.24, 2.45) is 10.7 Å². The number of aliphatic imine (C=N–C) groups is 1. The number of nitrogens with two attached hydrogens (primary N) is 1. The molecule has 1 heterocycles. The average Bonchev–Trinajstić information content (AvgIpc) is 2.72. The first-order valence-electron chi connectivity index (χ1n) is 8.67. The van der Waals surface area contributed by atoms with Gasteiger partial charge in [0.05, 0.1) is 36.9 Å². The smallest absolute Gasteiger partial charge is 0.258 e. The summed E-state index contributed by atoms with van der Waals surface area (Å²) in [7, 11) is 3.06. The maximum absolute atomic E-state index is 12.4. The number of rotatable bonds is 6. The SMILES string of the molecule is COc1cc2nc(CSC(N)=N[C@@H](C)c3ccccc3)[nH]c(=O)c2cc1OC. The fourth-order valence-corrected chi connectivity index (χ4v) is 3.41. The molecule has 146 valence electrons. The van der Waals surface area contributed by atoms with E-state index in [4.69, 9.17) is 15.2 Å². The highest BCUT2D eigenvalue weighted by atomic mass is 32.2. The highest BCUT2D eigenvalue weighted by Crippen LogP contribution is 2.30. The van der Waals surface area contributed by atoms with E-state index in [-0.39, 0.29) is 11.6 Å². The van der Waals surface area contributed by atoms with Gasteiger partial charge in [0.15, 0.2) is 16.7 Å². The summed E-state index contributed by atoms with van der Waals surface area (Å²) >= 11 is 1.33. The molecule has 0 radical (unpaired) electrons. The van der Waals surface area contributed by atoms with Crippen LogP contribution >= 0.6 is 11.8 Å². The molecule has 3 aromatic rings. The lowest BCUT2D eigenvalue weighted by atomic mass is 10.1. The fraction of sp³-hybridized carbons (Fsp3) is 0.250. The van der Waals surface area contributed by atoms with Gasteiger partial charge in [0.1, 0.15) is 5.82 Å². The van der Waals surface area contributed by atoms with Crippen molar-refractivity contribution >= 4 is 27.8 Å². The molecule has 0 bridgehead atoms. The molecule has 3 rings (SSSR count). The number of hydrogen-bond acceptors (Lipinski definition) is 6. The number of thioether (sulfide) groups is 1. The standard InChI is InChI=1S/C20H22N4O3S/c1-12(13-7-5-4-6-8-13)22-20(21)28-11-18-23-15-10-17(27-3)16(26-2)9-14(15)19(25)24-18/h4-10,12H,11H2,1-3H3,(H2,21,22)(H,23,24,25)/t12-/m0/s1. The molecule has 1 aromatic heterocycles. The number of H-pyrrole nitrogens is 1. The average molecular weight is 398 g/mol. The molecule has 0 aliphatic carbocycles. The van der Waals surface area contributed by atoms with Crippen LogP contribution in [0.25, 0.3) is 10.9 Å². The first-order chi connectivity index (χ1) is 13.5. The molecular weight excluding hydrogens is 376 g/mol. The third-order valence-corrected chi connectivity index (χ3v) is 5.04. The molecule has 28 heavy (non-hydrogen) atoms. The van der Waals surface area contributed by atoms with E-state index in [0.717, 1.165) is 5.56 Å². The minimum Gasteiger partial charge on any atom is -0.493 e. The third kappa shape index (κ3) is 4.45. The summed E-state index contributed by atoms with van der Waals surface area (Å²) < 4.78 is 10.5. The highest BCUT2D eigenvalue weighted by molar-refractivity contribution is 8.13. The van der Waals surface area contributed by atoms with Gasteiger partial charge in [-0.2, -0.15) is 0 Å². The largest absolute Gasteiger partial charge is 0.493 e. The predicted octanol–water partition coefficient (Wildman–Crippen LogP) is 3.25. The Labute approximate surface area is 167 Å². The zero-order valence-corrected chi connectivity index (χ0v) is 16.7. The maximum atomic E-state index is 12.4. The van der Waals surface area contributed by atoms with Crippen LogP contribution in [0.4, 0.5) is 0 Å². The Bertz CT molecular complexity index is 1050. The van der Waals surface area contributed by atoms with Crippen LogP contribution in [0, 0.1) is 0 Å². The summed E-state index contributed by atoms with van der Waals surface area (Å²) in [5.41, 5.74) is 7.43. The molecule has 0 saturated carbocycles. The van der Waals surface area contributed by atoms with E-state index in [1.165, 1.54) is 18.9 Å². The number of nitrogens with zero attached hydrogens (tertiary/aromatic N) is 2. The summed E-state index contributed by atoms with van der Waals surface area (Å²) in [4.78, 5) is 24.2. The van der Waals surface area contributed by atoms with Crippen LogP contribution in [-0.4, -0.2) is 29.4 Å². The van der Waals surface area contributed by atoms with Crippen molar-refractivity contribution in [2.45, 2.75) is 18.7 Å². The van der Waals surface area contributed by atoms with Crippen molar-refractivity contribution in [3.05, 3.63) is 64.2 Å². The Morgan fingerprint density at radius 2 is 1.89 bits per heavy atom. The molecule has 0 unspecified atom stereocenters. The van der Waals surface area contributed by atoms with Crippen molar-refractivity contribution in [3.63, 3.8) is 0 Å². The molecular formula is C20H22N4O3S. The van der Waals surface area contributed by atoms with E-state index in [1.807, 2.05) is 37.3 Å². The summed E-state index contributed by atoms with van der Waals surface area (Å²) in [5.74, 6) is 1.91. The minimum atomic E-state index is -0.241. The second-order valence-corrected chi connectivity index (χ2v) is 7.08. The van der Waals surface area contributed by atoms with Crippen LogP contribution in [0.15, 0.2) is 52.3 Å². The number of fused-ring (bicyclic) bond motifs is 1. The van der Waals surface area contributed by atoms with Gasteiger partial charge >= 0.3 is 0 Å². The molecule has 0 spiro atoms. The van der Waals surface area contributed by atoms with Gasteiger partial charge < -0.3 is 20.2 Å². The third-order valence-electron chi connectivity index (χ3n) is 4.22. The monoisotopic (exact) mass is 398 g/mol. The first-order valence-corrected chi connectivity index (χ1v) is 9.66. The van der Waals surface area contributed by atoms with Crippen molar-refractivity contribution in [2.75, 3.05) is 14.2 Å². The molecule has 0 fully saturated rings. The molecule has 3 N–H and O–H groups in total. The van der Waals surface area contributed by atoms with E-state index in [2.05, 4.69) is 15.0 Å². The molecule has 0 amide bonds. The van der Waals surface area contributed by atoms with E-state index < -0.39 is 0 Å². The van der Waals surface area contributed by atoms with Crippen molar-refractivity contribution in [1.29, 1.82) is 0 Å². The molecule has 2 aromatic carbocycles. The van der Waals surface area contributed by atoms with Gasteiger partial charge in [-0.15, -0.1) is 0 Å². The lowest BCUT2D eigenvalue weighted by Gasteiger charge is -2.10. The molecule has 0 aliphatic heterocycles. The van der Waals surface area contributed by atoms with Crippen molar-refractivity contribution in [3.8, 4) is 11.5 Å². The lowest BCUT2D eigenvalue weighted by molar-refractivity contribution is 0.355. The summed E-state index contributed by atoms with van der Waals surface area (Å²) in [6, 6.07) is 13.2. The number of aromatic amines is 1. The van der Waals surface area contributed by atoms with Gasteiger partial charge in [-0.25, -0.2) is 4.98 Å². The second kappa shape index (κ2) is 8.79. The zero-order valence-electron chi connectivity index (χ0n) is 15.9. The van der Waals surface area contributed by atoms with Gasteiger partial charge in [-0.1, -0.05) is 42.1 Å². The van der Waals surface area contributed by atoms with Crippen LogP contribution in [0.5, 0.6) is 11.5 Å². The van der Waals surface area contributed by atoms with Gasteiger partial charge in [-0.05, 0) is 18.6 Å². The number of hydrogen-bond donors (Lipinski definition) is 2. The second-order valence-electron chi connectivity index (χ2n) is 6.08. The van der Waals surface area contributed by atoms with Crippen LogP contribution in [0.1, 0.15) is 24.4 Å². The van der Waals surface area contributed by atoms with Crippen molar-refractivity contribution in [1.82, 2.24) is 9.97 Å². The van der Waals surface area contributed by atoms with E-state index in [9.17, 15) is 4.79 Å². The Hall–Kier alpha value is -3.00. The Morgan fingerprint density at radius 1 is 1.21 bits per heavy atom. The molecule has 0 aliphatic rings. The van der Waals surface area contributed by atoms with E-state index >= 15 is 0 Å². The molecule has 0 saturated heterocycles. The van der Waals surface area contributed by atoms with Crippen LogP contribution in [0.2, 0.25) is 0 Å². The lowest BCUT2D eigenvalue weighted by Crippen LogP contribution is -2.14. The summed E-state index contributed by atoms with van der Waals surface area (Å²) in [6.45, 7) is 1.98. The Balaban J connectivity index is 1.79. The Morgan fingerprint density at radius 3 is 2.57 bits per heavy atom. The van der Waals surface area contributed by atoms with E-state index in [1.54, 1.807) is 19.2 Å². The summed E-state index contributed by atoms with van der Waals surface area (Å²) in [5, 5.41) is 0.872. The van der Waals surface area contributed by atoms with Gasteiger partial charge in [0.25, 0.3) is 5.56 Å². The fourth-order valence-electron chi connectivity index (χ4n) is 2.76. The number of nitrogens with one attached hydrogen (secondary N) is 1. The van der Waals surface area contributed by atoms with Gasteiger partial charge in [0.2, 0.25) is 0 Å². The molecule has 7 nitrogen and oxygen atoms in total. The topological polar surface area (TPSA) is 103 Å². The first kappa shape index (κ1) is 19.8. The number of methoxy groups -OCH3 is 2. The van der Waals surface area contributed by atoms with Crippen molar-refractivity contribution < 1.29 is 9.47 Å².